The van der Waals surface area contributed by atoms with Gasteiger partial charge in [0.05, 0.1) is 6.20 Å². The van der Waals surface area contributed by atoms with Crippen LogP contribution in [0.5, 0.6) is 0 Å². The fourth-order valence-electron chi connectivity index (χ4n) is 2.66. The van der Waals surface area contributed by atoms with Gasteiger partial charge < -0.3 is 10.2 Å². The molecule has 0 radical (unpaired) electrons. The van der Waals surface area contributed by atoms with E-state index in [0.29, 0.717) is 18.6 Å². The summed E-state index contributed by atoms with van der Waals surface area (Å²) in [6.45, 7) is 6.91. The minimum Gasteiger partial charge on any atom is -0.353 e. The predicted octanol–water partition coefficient (Wildman–Crippen LogP) is 1.47. The molecule has 1 aliphatic heterocycles. The maximum absolute atomic E-state index is 13.3. The molecule has 1 aliphatic rings. The van der Waals surface area contributed by atoms with E-state index in [1.807, 2.05) is 7.05 Å². The lowest BCUT2D eigenvalue weighted by Crippen LogP contribution is -2.55. The van der Waals surface area contributed by atoms with Crippen molar-refractivity contribution in [2.24, 2.45) is 0 Å². The van der Waals surface area contributed by atoms with E-state index in [1.165, 1.54) is 6.20 Å². The number of halogens is 1. The maximum Gasteiger partial charge on any atom is 0.141 e. The van der Waals surface area contributed by atoms with Gasteiger partial charge in [-0.2, -0.15) is 0 Å². The lowest BCUT2D eigenvalue weighted by atomic mass is 10.1. The summed E-state index contributed by atoms with van der Waals surface area (Å²) in [4.78, 5) is 8.94. The predicted molar refractivity (Wildman–Crippen MR) is 75.9 cm³/mol. The zero-order valence-corrected chi connectivity index (χ0v) is 12.2. The molecule has 5 heteroatoms. The summed E-state index contributed by atoms with van der Waals surface area (Å²) in [6.07, 6.45) is 1.31. The summed E-state index contributed by atoms with van der Waals surface area (Å²) in [5, 5.41) is 3.08. The van der Waals surface area contributed by atoms with E-state index in [2.05, 4.69) is 41.0 Å². The summed E-state index contributed by atoms with van der Waals surface area (Å²) in [5.41, 5.74) is 0.923. The molecule has 4 nitrogen and oxygen atoms in total. The normalized spacial score (nSPS) is 24.8. The molecule has 1 aromatic heterocycles. The first kappa shape index (κ1) is 14.2. The third-order valence-corrected chi connectivity index (χ3v) is 3.94. The molecule has 1 aromatic rings. The van der Waals surface area contributed by atoms with E-state index in [0.717, 1.165) is 24.5 Å². The number of nitrogens with one attached hydrogen (secondary N) is 1. The molecule has 2 rings (SSSR count). The first-order valence-corrected chi connectivity index (χ1v) is 6.78. The summed E-state index contributed by atoms with van der Waals surface area (Å²) in [5.74, 6) is 0.631. The molecule has 2 atom stereocenters. The molecule has 1 saturated heterocycles. The van der Waals surface area contributed by atoms with Crippen molar-refractivity contribution in [2.75, 3.05) is 32.1 Å². The van der Waals surface area contributed by atoms with Gasteiger partial charge in [-0.15, -0.1) is 0 Å². The average Bonchev–Trinajstić information content (AvgIpc) is 2.36. The summed E-state index contributed by atoms with van der Waals surface area (Å²) >= 11 is 0. The Labute approximate surface area is 114 Å². The Bertz CT molecular complexity index is 425. The number of piperazine rings is 1. The van der Waals surface area contributed by atoms with Crippen LogP contribution in [0.1, 0.15) is 19.4 Å². The van der Waals surface area contributed by atoms with Crippen LogP contribution in [0, 0.1) is 5.82 Å². The quantitative estimate of drug-likeness (QED) is 0.898. The number of nitrogens with zero attached hydrogens (tertiary/aromatic N) is 3. The van der Waals surface area contributed by atoms with Gasteiger partial charge in [0.2, 0.25) is 0 Å². The molecule has 2 heterocycles. The van der Waals surface area contributed by atoms with Gasteiger partial charge in [-0.05, 0) is 34.0 Å². The second-order valence-corrected chi connectivity index (χ2v) is 5.44. The Balaban J connectivity index is 2.26. The molecule has 0 aromatic carbocycles. The van der Waals surface area contributed by atoms with Gasteiger partial charge >= 0.3 is 0 Å². The van der Waals surface area contributed by atoms with Crippen LogP contribution in [0.25, 0.3) is 0 Å². The first-order chi connectivity index (χ1) is 9.02. The molecule has 2 unspecified atom stereocenters. The number of hydrogen-bond acceptors (Lipinski definition) is 4. The van der Waals surface area contributed by atoms with E-state index in [1.54, 1.807) is 6.07 Å². The minimum atomic E-state index is -0.274. The summed E-state index contributed by atoms with van der Waals surface area (Å²) in [6, 6.07) is 2.52. The molecule has 19 heavy (non-hydrogen) atoms. The number of rotatable bonds is 3. The van der Waals surface area contributed by atoms with Crippen LogP contribution in [0.3, 0.4) is 0 Å². The molecule has 106 valence electrons. The minimum absolute atomic E-state index is 0.274. The molecule has 0 aliphatic carbocycles. The van der Waals surface area contributed by atoms with Gasteiger partial charge in [0, 0.05) is 37.3 Å². The van der Waals surface area contributed by atoms with Gasteiger partial charge in [-0.25, -0.2) is 9.37 Å². The highest BCUT2D eigenvalue weighted by Gasteiger charge is 2.28. The van der Waals surface area contributed by atoms with Crippen molar-refractivity contribution in [3.63, 3.8) is 0 Å². The second kappa shape index (κ2) is 5.84. The fourth-order valence-corrected chi connectivity index (χ4v) is 2.66. The molecule has 0 bridgehead atoms. The second-order valence-electron chi connectivity index (χ2n) is 5.44. The highest BCUT2D eigenvalue weighted by atomic mass is 19.1. The molecule has 1 N–H and O–H groups in total. The van der Waals surface area contributed by atoms with Crippen molar-refractivity contribution < 1.29 is 4.39 Å². The Hall–Kier alpha value is -1.20. The molecular formula is C14H23FN4. The van der Waals surface area contributed by atoms with Crippen LogP contribution in [-0.2, 0) is 6.54 Å². The topological polar surface area (TPSA) is 31.4 Å². The molecule has 0 amide bonds. The van der Waals surface area contributed by atoms with Gasteiger partial charge in [0.1, 0.15) is 11.6 Å². The SMILES string of the molecule is CNCc1cc(F)cnc1N1CC(C)N(C)C(C)C1. The molecule has 0 spiro atoms. The van der Waals surface area contributed by atoms with E-state index in [4.69, 9.17) is 0 Å². The van der Waals surface area contributed by atoms with Crippen LogP contribution in [-0.4, -0.2) is 49.2 Å². The smallest absolute Gasteiger partial charge is 0.141 e. The summed E-state index contributed by atoms with van der Waals surface area (Å²) < 4.78 is 13.3. The monoisotopic (exact) mass is 266 g/mol. The molecule has 0 saturated carbocycles. The fraction of sp³-hybridized carbons (Fsp3) is 0.643. The number of likely N-dealkylation sites (N-methyl/N-ethyl adjacent to an activating group) is 1. The zero-order valence-electron chi connectivity index (χ0n) is 12.2. The van der Waals surface area contributed by atoms with E-state index >= 15 is 0 Å². The molecule has 1 fully saturated rings. The first-order valence-electron chi connectivity index (χ1n) is 6.78. The Morgan fingerprint density at radius 2 is 2.00 bits per heavy atom. The van der Waals surface area contributed by atoms with Crippen molar-refractivity contribution in [1.29, 1.82) is 0 Å². The average molecular weight is 266 g/mol. The van der Waals surface area contributed by atoms with Gasteiger partial charge in [-0.3, -0.25) is 4.90 Å². The van der Waals surface area contributed by atoms with Crippen LogP contribution in [0.4, 0.5) is 10.2 Å². The van der Waals surface area contributed by atoms with Crippen LogP contribution >= 0.6 is 0 Å². The zero-order chi connectivity index (χ0) is 14.0. The number of hydrogen-bond donors (Lipinski definition) is 1. The van der Waals surface area contributed by atoms with Crippen LogP contribution < -0.4 is 10.2 Å². The van der Waals surface area contributed by atoms with E-state index in [9.17, 15) is 4.39 Å². The Morgan fingerprint density at radius 3 is 2.58 bits per heavy atom. The maximum atomic E-state index is 13.3. The highest BCUT2D eigenvalue weighted by Crippen LogP contribution is 2.23. The van der Waals surface area contributed by atoms with Gasteiger partial charge in [0.15, 0.2) is 0 Å². The van der Waals surface area contributed by atoms with E-state index in [-0.39, 0.29) is 5.82 Å². The number of aromatic nitrogens is 1. The van der Waals surface area contributed by atoms with Gasteiger partial charge in [0.25, 0.3) is 0 Å². The van der Waals surface area contributed by atoms with Crippen molar-refractivity contribution in [2.45, 2.75) is 32.5 Å². The van der Waals surface area contributed by atoms with Crippen molar-refractivity contribution in [1.82, 2.24) is 15.2 Å². The third kappa shape index (κ3) is 3.04. The highest BCUT2D eigenvalue weighted by molar-refractivity contribution is 5.48. The summed E-state index contributed by atoms with van der Waals surface area (Å²) in [7, 11) is 4.02. The number of pyridine rings is 1. The van der Waals surface area contributed by atoms with E-state index < -0.39 is 0 Å². The van der Waals surface area contributed by atoms with Crippen LogP contribution in [0.15, 0.2) is 12.3 Å². The Kier molecular flexibility index (Phi) is 4.37. The van der Waals surface area contributed by atoms with Crippen molar-refractivity contribution in [3.05, 3.63) is 23.6 Å². The lowest BCUT2D eigenvalue weighted by molar-refractivity contribution is 0.169. The standard InChI is InChI=1S/C14H23FN4/c1-10-8-19(9-11(2)18(10)4)14-12(6-16-3)5-13(15)7-17-14/h5,7,10-11,16H,6,8-9H2,1-4H3. The van der Waals surface area contributed by atoms with Crippen LogP contribution in [0.2, 0.25) is 0 Å². The third-order valence-electron chi connectivity index (χ3n) is 3.94. The lowest BCUT2D eigenvalue weighted by Gasteiger charge is -2.43. The number of anilines is 1. The van der Waals surface area contributed by atoms with Crippen molar-refractivity contribution in [3.8, 4) is 0 Å². The molecular weight excluding hydrogens is 243 g/mol. The van der Waals surface area contributed by atoms with Crippen molar-refractivity contribution >= 4 is 5.82 Å². The largest absolute Gasteiger partial charge is 0.353 e. The Morgan fingerprint density at radius 1 is 1.37 bits per heavy atom. The van der Waals surface area contributed by atoms with Gasteiger partial charge in [-0.1, -0.05) is 0 Å².